The van der Waals surface area contributed by atoms with Gasteiger partial charge in [0.05, 0.1) is 5.41 Å². The van der Waals surface area contributed by atoms with E-state index in [0.29, 0.717) is 17.4 Å². The third-order valence-electron chi connectivity index (χ3n) is 3.91. The summed E-state index contributed by atoms with van der Waals surface area (Å²) in [4.78, 5) is 8.76. The van der Waals surface area contributed by atoms with Crippen molar-refractivity contribution in [2.45, 2.75) is 37.6 Å². The van der Waals surface area contributed by atoms with Gasteiger partial charge in [-0.1, -0.05) is 11.6 Å². The lowest BCUT2D eigenvalue weighted by molar-refractivity contribution is 0.278. The highest BCUT2D eigenvalue weighted by atomic mass is 79.9. The molecule has 100 valence electrons. The van der Waals surface area contributed by atoms with E-state index >= 15 is 0 Å². The van der Waals surface area contributed by atoms with Gasteiger partial charge in [-0.3, -0.25) is 4.98 Å². The van der Waals surface area contributed by atoms with Crippen LogP contribution in [-0.2, 0) is 5.41 Å². The predicted molar refractivity (Wildman–Crippen MR) is 74.4 cm³/mol. The summed E-state index contributed by atoms with van der Waals surface area (Å²) in [5.41, 5.74) is 6.64. The number of hydrogen-bond donors (Lipinski definition) is 1. The summed E-state index contributed by atoms with van der Waals surface area (Å²) in [6.07, 6.45) is 4.79. The normalized spacial score (nSPS) is 26.8. The molecule has 2 N–H and O–H groups in total. The molecule has 19 heavy (non-hydrogen) atoms. The monoisotopic (exact) mass is 322 g/mol. The molecule has 2 unspecified atom stereocenters. The molecule has 0 saturated heterocycles. The first-order chi connectivity index (χ1) is 9.11. The van der Waals surface area contributed by atoms with E-state index in [9.17, 15) is 0 Å². The fourth-order valence-electron chi connectivity index (χ4n) is 2.56. The molecule has 6 heteroatoms. The Morgan fingerprint density at radius 2 is 2.37 bits per heavy atom. The van der Waals surface area contributed by atoms with Crippen molar-refractivity contribution >= 4 is 15.9 Å². The molecule has 1 aliphatic rings. The van der Waals surface area contributed by atoms with Gasteiger partial charge >= 0.3 is 0 Å². The van der Waals surface area contributed by atoms with Gasteiger partial charge in [-0.05, 0) is 47.8 Å². The predicted octanol–water partition coefficient (Wildman–Crippen LogP) is 2.66. The Labute approximate surface area is 119 Å². The zero-order valence-electron chi connectivity index (χ0n) is 10.6. The Morgan fingerprint density at radius 3 is 3.05 bits per heavy atom. The highest BCUT2D eigenvalue weighted by Crippen LogP contribution is 2.39. The van der Waals surface area contributed by atoms with Crippen LogP contribution >= 0.6 is 15.9 Å². The molecule has 0 amide bonds. The highest BCUT2D eigenvalue weighted by Gasteiger charge is 2.42. The number of halogens is 1. The molecule has 1 aliphatic carbocycles. The maximum Gasteiger partial charge on any atom is 0.234 e. The van der Waals surface area contributed by atoms with Gasteiger partial charge in [0.25, 0.3) is 0 Å². The van der Waals surface area contributed by atoms with Crippen LogP contribution in [0.25, 0.3) is 11.5 Å². The minimum absolute atomic E-state index is 0.0768. The molecule has 0 bridgehead atoms. The fraction of sp³-hybridized carbons (Fsp3) is 0.462. The first-order valence-electron chi connectivity index (χ1n) is 6.32. The second-order valence-electron chi connectivity index (χ2n) is 5.17. The van der Waals surface area contributed by atoms with E-state index in [4.69, 9.17) is 10.3 Å². The molecule has 2 atom stereocenters. The van der Waals surface area contributed by atoms with Crippen LogP contribution in [0.3, 0.4) is 0 Å². The lowest BCUT2D eigenvalue weighted by atomic mass is 9.85. The number of hydrogen-bond acceptors (Lipinski definition) is 5. The molecule has 2 heterocycles. The number of rotatable bonds is 2. The van der Waals surface area contributed by atoms with E-state index in [1.54, 1.807) is 6.20 Å². The van der Waals surface area contributed by atoms with Gasteiger partial charge in [0.2, 0.25) is 11.7 Å². The van der Waals surface area contributed by atoms with Crippen LogP contribution in [0, 0.1) is 0 Å². The van der Waals surface area contributed by atoms with Gasteiger partial charge < -0.3 is 10.3 Å². The third-order valence-corrected chi connectivity index (χ3v) is 4.55. The van der Waals surface area contributed by atoms with E-state index < -0.39 is 0 Å². The number of aromatic nitrogens is 3. The summed E-state index contributed by atoms with van der Waals surface area (Å²) in [5, 5.41) is 4.04. The average Bonchev–Trinajstić information content (AvgIpc) is 2.99. The van der Waals surface area contributed by atoms with Crippen molar-refractivity contribution in [1.82, 2.24) is 15.1 Å². The second-order valence-corrected chi connectivity index (χ2v) is 6.03. The van der Waals surface area contributed by atoms with Crippen LogP contribution < -0.4 is 5.73 Å². The Bertz CT molecular complexity index is 600. The molecule has 2 aromatic heterocycles. The van der Waals surface area contributed by atoms with Crippen molar-refractivity contribution in [3.63, 3.8) is 0 Å². The summed E-state index contributed by atoms with van der Waals surface area (Å²) in [5.74, 6) is 1.12. The minimum atomic E-state index is -0.216. The summed E-state index contributed by atoms with van der Waals surface area (Å²) >= 11 is 3.44. The number of nitrogens with two attached hydrogens (primary N) is 1. The van der Waals surface area contributed by atoms with Crippen molar-refractivity contribution < 1.29 is 4.52 Å². The van der Waals surface area contributed by atoms with Gasteiger partial charge in [-0.15, -0.1) is 0 Å². The number of nitrogens with zero attached hydrogens (tertiary/aromatic N) is 3. The lowest BCUT2D eigenvalue weighted by Crippen LogP contribution is -2.38. The third kappa shape index (κ3) is 2.08. The van der Waals surface area contributed by atoms with Crippen molar-refractivity contribution in [3.05, 3.63) is 28.7 Å². The van der Waals surface area contributed by atoms with Crippen LogP contribution in [0.5, 0.6) is 0 Å². The molecule has 0 aliphatic heterocycles. The fourth-order valence-corrected chi connectivity index (χ4v) is 2.99. The van der Waals surface area contributed by atoms with Gasteiger partial charge in [-0.25, -0.2) is 0 Å². The van der Waals surface area contributed by atoms with Gasteiger partial charge in [0, 0.05) is 16.7 Å². The maximum absolute atomic E-state index is 6.17. The molecule has 2 aromatic rings. The van der Waals surface area contributed by atoms with Crippen molar-refractivity contribution in [1.29, 1.82) is 0 Å². The van der Waals surface area contributed by atoms with Crippen LogP contribution in [0.4, 0.5) is 0 Å². The highest BCUT2D eigenvalue weighted by molar-refractivity contribution is 9.10. The summed E-state index contributed by atoms with van der Waals surface area (Å²) < 4.78 is 6.28. The molecule has 1 fully saturated rings. The van der Waals surface area contributed by atoms with E-state index in [1.165, 1.54) is 0 Å². The van der Waals surface area contributed by atoms with E-state index in [2.05, 4.69) is 38.0 Å². The van der Waals surface area contributed by atoms with Crippen LogP contribution in [-0.4, -0.2) is 21.2 Å². The molecular formula is C13H15BrN4O. The zero-order chi connectivity index (χ0) is 13.5. The van der Waals surface area contributed by atoms with Crippen molar-refractivity contribution in [2.75, 3.05) is 0 Å². The van der Waals surface area contributed by atoms with Gasteiger partial charge in [0.15, 0.2) is 0 Å². The van der Waals surface area contributed by atoms with Crippen molar-refractivity contribution in [2.24, 2.45) is 5.73 Å². The largest absolute Gasteiger partial charge is 0.338 e. The molecule has 3 rings (SSSR count). The van der Waals surface area contributed by atoms with Crippen molar-refractivity contribution in [3.8, 4) is 11.5 Å². The Kier molecular flexibility index (Phi) is 3.14. The Morgan fingerprint density at radius 1 is 1.53 bits per heavy atom. The van der Waals surface area contributed by atoms with Crippen LogP contribution in [0.1, 0.15) is 32.1 Å². The van der Waals surface area contributed by atoms with Crippen LogP contribution in [0.2, 0.25) is 0 Å². The summed E-state index contributed by atoms with van der Waals surface area (Å²) in [7, 11) is 0. The number of pyridine rings is 1. The summed E-state index contributed by atoms with van der Waals surface area (Å²) in [6, 6.07) is 3.83. The van der Waals surface area contributed by atoms with Gasteiger partial charge in [-0.2, -0.15) is 4.98 Å². The molecule has 1 saturated carbocycles. The smallest absolute Gasteiger partial charge is 0.234 e. The SMILES string of the molecule is CC1(c2nc(-c3ncccc3Br)no2)CCCC1N. The van der Waals surface area contributed by atoms with E-state index in [1.807, 2.05) is 12.1 Å². The maximum atomic E-state index is 6.17. The first-order valence-corrected chi connectivity index (χ1v) is 7.11. The average molecular weight is 323 g/mol. The van der Waals surface area contributed by atoms with Crippen LogP contribution in [0.15, 0.2) is 27.3 Å². The zero-order valence-corrected chi connectivity index (χ0v) is 12.2. The Hall–Kier alpha value is -1.27. The first kappa shape index (κ1) is 12.7. The lowest BCUT2D eigenvalue weighted by Gasteiger charge is -2.23. The molecule has 0 radical (unpaired) electrons. The topological polar surface area (TPSA) is 77.8 Å². The van der Waals surface area contributed by atoms with E-state index in [-0.39, 0.29) is 11.5 Å². The second kappa shape index (κ2) is 4.68. The summed E-state index contributed by atoms with van der Waals surface area (Å²) in [6.45, 7) is 2.09. The van der Waals surface area contributed by atoms with Gasteiger partial charge in [0.1, 0.15) is 5.69 Å². The van der Waals surface area contributed by atoms with E-state index in [0.717, 1.165) is 23.7 Å². The standard InChI is InChI=1S/C13H15BrN4O/c1-13(6-2-5-9(13)15)12-17-11(18-19-12)10-8(14)4-3-7-16-10/h3-4,7,9H,2,5-6,15H2,1H3. The quantitative estimate of drug-likeness (QED) is 0.919. The Balaban J connectivity index is 1.98. The molecule has 0 aromatic carbocycles. The molecule has 5 nitrogen and oxygen atoms in total. The minimum Gasteiger partial charge on any atom is -0.338 e. The molecular weight excluding hydrogens is 308 g/mol. The molecule has 0 spiro atoms.